The molecule has 1 aromatic rings. The number of hydrogen-bond acceptors (Lipinski definition) is 8. The minimum Gasteiger partial charge on any atom is -0.508 e. The van der Waals surface area contributed by atoms with Crippen molar-refractivity contribution in [2.24, 2.45) is 0 Å². The molecule has 0 saturated carbocycles. The first-order valence-corrected chi connectivity index (χ1v) is 8.78. The average molecular weight is 386 g/mol. The fourth-order valence-electron chi connectivity index (χ4n) is 2.50. The highest BCUT2D eigenvalue weighted by Crippen LogP contribution is 2.31. The third kappa shape index (κ3) is 7.08. The van der Waals surface area contributed by atoms with Gasteiger partial charge in [-0.05, 0) is 29.0 Å². The van der Waals surface area contributed by atoms with E-state index in [-0.39, 0.29) is 17.6 Å². The maximum atomic E-state index is 11.8. The number of aromatic hydroxyl groups is 1. The summed E-state index contributed by atoms with van der Waals surface area (Å²) in [4.78, 5) is 11.8. The molecule has 0 spiro atoms. The van der Waals surface area contributed by atoms with Gasteiger partial charge >= 0.3 is 5.97 Å². The molecule has 8 nitrogen and oxygen atoms in total. The van der Waals surface area contributed by atoms with Gasteiger partial charge in [0.2, 0.25) is 0 Å². The van der Waals surface area contributed by atoms with Gasteiger partial charge in [-0.15, -0.1) is 0 Å². The Bertz CT molecular complexity index is 610. The van der Waals surface area contributed by atoms with E-state index in [2.05, 4.69) is 0 Å². The molecule has 0 fully saturated rings. The van der Waals surface area contributed by atoms with Crippen LogP contribution in [0.5, 0.6) is 5.75 Å². The molecular formula is C19H30O8. The van der Waals surface area contributed by atoms with Crippen molar-refractivity contribution in [3.8, 4) is 5.75 Å². The maximum absolute atomic E-state index is 11.8. The summed E-state index contributed by atoms with van der Waals surface area (Å²) in [6.45, 7) is 4.56. The van der Waals surface area contributed by atoms with Crippen molar-refractivity contribution in [2.75, 3.05) is 13.2 Å². The fourth-order valence-corrected chi connectivity index (χ4v) is 2.50. The monoisotopic (exact) mass is 386 g/mol. The largest absolute Gasteiger partial charge is 0.508 e. The highest BCUT2D eigenvalue weighted by molar-refractivity contribution is 5.69. The van der Waals surface area contributed by atoms with Gasteiger partial charge < -0.3 is 35.4 Å². The minimum atomic E-state index is -1.77. The van der Waals surface area contributed by atoms with E-state index in [1.165, 1.54) is 0 Å². The summed E-state index contributed by atoms with van der Waals surface area (Å²) < 4.78 is 4.88. The summed E-state index contributed by atoms with van der Waals surface area (Å²) in [6, 6.07) is 5.12. The fraction of sp³-hybridized carbons (Fsp3) is 0.632. The number of esters is 1. The Hall–Kier alpha value is -1.71. The van der Waals surface area contributed by atoms with Crippen LogP contribution in [0.1, 0.15) is 38.3 Å². The molecule has 0 aliphatic carbocycles. The van der Waals surface area contributed by atoms with Crippen LogP contribution in [0.25, 0.3) is 0 Å². The second-order valence-corrected chi connectivity index (χ2v) is 7.58. The molecule has 1 aromatic carbocycles. The molecule has 27 heavy (non-hydrogen) atoms. The Kier molecular flexibility index (Phi) is 8.64. The molecule has 0 aliphatic rings. The summed E-state index contributed by atoms with van der Waals surface area (Å²) in [7, 11) is 0. The van der Waals surface area contributed by atoms with Gasteiger partial charge in [-0.25, -0.2) is 0 Å². The molecule has 0 amide bonds. The normalized spacial score (nSPS) is 16.4. The van der Waals surface area contributed by atoms with E-state index in [1.807, 2.05) is 26.8 Å². The SMILES string of the molecule is CC(C)(C)c1cc(CCC(=O)OCC(O)C(O)C(O)C(O)CO)ccc1O. The van der Waals surface area contributed by atoms with Gasteiger partial charge in [0.15, 0.2) is 0 Å². The van der Waals surface area contributed by atoms with Gasteiger partial charge in [-0.1, -0.05) is 32.9 Å². The van der Waals surface area contributed by atoms with Crippen LogP contribution in [-0.4, -0.2) is 74.2 Å². The predicted molar refractivity (Wildman–Crippen MR) is 97.2 cm³/mol. The topological polar surface area (TPSA) is 148 Å². The lowest BCUT2D eigenvalue weighted by atomic mass is 9.85. The number of carbonyl (C=O) groups excluding carboxylic acids is 1. The quantitative estimate of drug-likeness (QED) is 0.314. The number of ether oxygens (including phenoxy) is 1. The molecule has 0 radical (unpaired) electrons. The summed E-state index contributed by atoms with van der Waals surface area (Å²) in [5, 5.41) is 56.8. The van der Waals surface area contributed by atoms with Gasteiger partial charge in [-0.2, -0.15) is 0 Å². The lowest BCUT2D eigenvalue weighted by Gasteiger charge is -2.25. The van der Waals surface area contributed by atoms with Crippen molar-refractivity contribution >= 4 is 5.97 Å². The van der Waals surface area contributed by atoms with Crippen LogP contribution >= 0.6 is 0 Å². The summed E-state index contributed by atoms with van der Waals surface area (Å²) in [6.07, 6.45) is -6.36. The first-order valence-electron chi connectivity index (χ1n) is 8.78. The molecule has 154 valence electrons. The molecule has 8 heteroatoms. The van der Waals surface area contributed by atoms with Crippen molar-refractivity contribution in [3.05, 3.63) is 29.3 Å². The number of aliphatic hydroxyl groups excluding tert-OH is 5. The number of phenolic OH excluding ortho intramolecular Hbond substituents is 1. The van der Waals surface area contributed by atoms with Crippen molar-refractivity contribution < 1.29 is 40.2 Å². The smallest absolute Gasteiger partial charge is 0.306 e. The number of carbonyl (C=O) groups is 1. The third-order valence-electron chi connectivity index (χ3n) is 4.23. The second-order valence-electron chi connectivity index (χ2n) is 7.58. The first-order chi connectivity index (χ1) is 12.5. The van der Waals surface area contributed by atoms with E-state index in [0.29, 0.717) is 6.42 Å². The first kappa shape index (κ1) is 23.3. The van der Waals surface area contributed by atoms with Crippen LogP contribution in [0.15, 0.2) is 18.2 Å². The molecule has 0 saturated heterocycles. The second kappa shape index (κ2) is 10.0. The maximum Gasteiger partial charge on any atom is 0.306 e. The lowest BCUT2D eigenvalue weighted by Crippen LogP contribution is -2.47. The van der Waals surface area contributed by atoms with E-state index >= 15 is 0 Å². The summed E-state index contributed by atoms with van der Waals surface area (Å²) in [5.74, 6) is -0.418. The highest BCUT2D eigenvalue weighted by Gasteiger charge is 2.30. The Labute approximate surface area is 158 Å². The molecule has 0 bridgehead atoms. The predicted octanol–water partition coefficient (Wildman–Crippen LogP) is -0.399. The van der Waals surface area contributed by atoms with Crippen LogP contribution in [0.4, 0.5) is 0 Å². The molecule has 4 unspecified atom stereocenters. The van der Waals surface area contributed by atoms with E-state index in [9.17, 15) is 30.3 Å². The van der Waals surface area contributed by atoms with Crippen LogP contribution in [0.3, 0.4) is 0 Å². The minimum absolute atomic E-state index is 0.0268. The third-order valence-corrected chi connectivity index (χ3v) is 4.23. The number of benzene rings is 1. The van der Waals surface area contributed by atoms with E-state index in [1.54, 1.807) is 12.1 Å². The number of aliphatic hydroxyl groups is 5. The molecule has 6 N–H and O–H groups in total. The van der Waals surface area contributed by atoms with Gasteiger partial charge in [0, 0.05) is 6.42 Å². The Balaban J connectivity index is 2.52. The summed E-state index contributed by atoms with van der Waals surface area (Å²) >= 11 is 0. The van der Waals surface area contributed by atoms with Crippen molar-refractivity contribution in [1.82, 2.24) is 0 Å². The van der Waals surface area contributed by atoms with Crippen LogP contribution in [0, 0.1) is 0 Å². The standard InChI is InChI=1S/C19H30O8/c1-19(2,3)12-8-11(4-6-13(12)21)5-7-16(24)27-10-15(23)18(26)17(25)14(22)9-20/h4,6,8,14-15,17-18,20-23,25-26H,5,7,9-10H2,1-3H3. The number of rotatable bonds is 9. The highest BCUT2D eigenvalue weighted by atomic mass is 16.5. The van der Waals surface area contributed by atoms with Crippen LogP contribution in [-0.2, 0) is 21.4 Å². The molecule has 0 heterocycles. The van der Waals surface area contributed by atoms with Crippen molar-refractivity contribution in [3.63, 3.8) is 0 Å². The molecule has 0 aromatic heterocycles. The van der Waals surface area contributed by atoms with Gasteiger partial charge in [0.1, 0.15) is 36.8 Å². The zero-order chi connectivity index (χ0) is 20.8. The van der Waals surface area contributed by atoms with Gasteiger partial charge in [-0.3, -0.25) is 4.79 Å². The number of aryl methyl sites for hydroxylation is 1. The van der Waals surface area contributed by atoms with Crippen molar-refractivity contribution in [1.29, 1.82) is 0 Å². The zero-order valence-corrected chi connectivity index (χ0v) is 15.9. The number of phenols is 1. The Morgan fingerprint density at radius 2 is 1.67 bits per heavy atom. The molecule has 1 rings (SSSR count). The van der Waals surface area contributed by atoms with Crippen LogP contribution in [0.2, 0.25) is 0 Å². The number of hydrogen-bond donors (Lipinski definition) is 6. The molecular weight excluding hydrogens is 356 g/mol. The molecule has 0 aliphatic heterocycles. The zero-order valence-electron chi connectivity index (χ0n) is 15.9. The van der Waals surface area contributed by atoms with Crippen LogP contribution < -0.4 is 0 Å². The van der Waals surface area contributed by atoms with Gasteiger partial charge in [0.05, 0.1) is 6.61 Å². The lowest BCUT2D eigenvalue weighted by molar-refractivity contribution is -0.156. The Morgan fingerprint density at radius 1 is 1.07 bits per heavy atom. The van der Waals surface area contributed by atoms with Crippen molar-refractivity contribution in [2.45, 2.75) is 63.4 Å². The van der Waals surface area contributed by atoms with E-state index in [0.717, 1.165) is 11.1 Å². The van der Waals surface area contributed by atoms with Gasteiger partial charge in [0.25, 0.3) is 0 Å². The Morgan fingerprint density at radius 3 is 2.22 bits per heavy atom. The van der Waals surface area contributed by atoms with E-state index < -0.39 is 43.6 Å². The average Bonchev–Trinajstić information content (AvgIpc) is 2.62. The molecule has 4 atom stereocenters. The summed E-state index contributed by atoms with van der Waals surface area (Å²) in [5.41, 5.74) is 1.36. The van der Waals surface area contributed by atoms with E-state index in [4.69, 9.17) is 9.84 Å².